The van der Waals surface area contributed by atoms with E-state index in [1.165, 1.54) is 11.8 Å². The summed E-state index contributed by atoms with van der Waals surface area (Å²) in [6, 6.07) is 9.83. The van der Waals surface area contributed by atoms with Crippen LogP contribution in [-0.2, 0) is 4.79 Å². The first kappa shape index (κ1) is 21.4. The molecule has 7 nitrogen and oxygen atoms in total. The molecule has 1 aliphatic heterocycles. The number of aromatic nitrogens is 2. The molecular formula is C21H29N5O2S. The summed E-state index contributed by atoms with van der Waals surface area (Å²) < 4.78 is 1.92. The number of carbonyl (C=O) groups excluding carboxylic acids is 2. The summed E-state index contributed by atoms with van der Waals surface area (Å²) >= 11 is 1.52. The van der Waals surface area contributed by atoms with E-state index in [0.29, 0.717) is 38.4 Å². The lowest BCUT2D eigenvalue weighted by Gasteiger charge is -2.34. The van der Waals surface area contributed by atoms with Gasteiger partial charge in [0.25, 0.3) is 5.91 Å². The minimum absolute atomic E-state index is 0.0197. The monoisotopic (exact) mass is 415 g/mol. The van der Waals surface area contributed by atoms with Crippen molar-refractivity contribution >= 4 is 23.6 Å². The van der Waals surface area contributed by atoms with Crippen LogP contribution in [-0.4, -0.2) is 76.7 Å². The predicted molar refractivity (Wildman–Crippen MR) is 116 cm³/mol. The molecule has 0 saturated carbocycles. The van der Waals surface area contributed by atoms with E-state index in [4.69, 9.17) is 0 Å². The van der Waals surface area contributed by atoms with Gasteiger partial charge < -0.3 is 10.2 Å². The first-order valence-electron chi connectivity index (χ1n) is 10.1. The van der Waals surface area contributed by atoms with E-state index < -0.39 is 0 Å². The molecule has 1 fully saturated rings. The number of unbranched alkanes of at least 4 members (excludes halogenated alkanes) is 1. The summed E-state index contributed by atoms with van der Waals surface area (Å²) in [7, 11) is 0. The molecule has 8 heteroatoms. The maximum atomic E-state index is 13.2. The third kappa shape index (κ3) is 5.39. The maximum Gasteiger partial charge on any atom is 0.272 e. The van der Waals surface area contributed by atoms with Gasteiger partial charge in [-0.1, -0.05) is 43.3 Å². The van der Waals surface area contributed by atoms with Crippen molar-refractivity contribution in [1.82, 2.24) is 24.7 Å². The lowest BCUT2D eigenvalue weighted by Crippen LogP contribution is -2.51. The van der Waals surface area contributed by atoms with Crippen molar-refractivity contribution < 1.29 is 9.59 Å². The van der Waals surface area contributed by atoms with E-state index in [9.17, 15) is 9.59 Å². The van der Waals surface area contributed by atoms with Gasteiger partial charge in [0.2, 0.25) is 5.91 Å². The second kappa shape index (κ2) is 10.5. The molecule has 0 aliphatic carbocycles. The normalized spacial score (nSPS) is 14.8. The molecule has 1 aromatic carbocycles. The molecule has 1 saturated heterocycles. The fourth-order valence-corrected chi connectivity index (χ4v) is 3.94. The molecule has 156 valence electrons. The highest BCUT2D eigenvalue weighted by atomic mass is 32.2. The van der Waals surface area contributed by atoms with Gasteiger partial charge in [-0.15, -0.1) is 0 Å². The lowest BCUT2D eigenvalue weighted by molar-refractivity contribution is -0.122. The Kier molecular flexibility index (Phi) is 7.71. The van der Waals surface area contributed by atoms with E-state index in [-0.39, 0.29) is 11.8 Å². The van der Waals surface area contributed by atoms with Crippen molar-refractivity contribution in [3.8, 4) is 5.69 Å². The number of hydrogen-bond acceptors (Lipinski definition) is 5. The molecule has 0 spiro atoms. The molecule has 3 rings (SSSR count). The quantitative estimate of drug-likeness (QED) is 0.529. The van der Waals surface area contributed by atoms with Gasteiger partial charge in [-0.3, -0.25) is 19.1 Å². The van der Waals surface area contributed by atoms with Gasteiger partial charge in [0.1, 0.15) is 5.69 Å². The highest BCUT2D eigenvalue weighted by Crippen LogP contribution is 2.23. The van der Waals surface area contributed by atoms with Crippen LogP contribution >= 0.6 is 11.8 Å². The summed E-state index contributed by atoms with van der Waals surface area (Å²) in [6.07, 6.45) is 5.69. The van der Waals surface area contributed by atoms with E-state index >= 15 is 0 Å². The van der Waals surface area contributed by atoms with Crippen molar-refractivity contribution in [3.05, 3.63) is 42.2 Å². The van der Waals surface area contributed by atoms with E-state index in [1.54, 1.807) is 6.20 Å². The third-order valence-electron chi connectivity index (χ3n) is 5.02. The Bertz CT molecular complexity index is 816. The van der Waals surface area contributed by atoms with Crippen molar-refractivity contribution in [2.45, 2.75) is 24.9 Å². The van der Waals surface area contributed by atoms with Crippen molar-refractivity contribution in [3.63, 3.8) is 0 Å². The van der Waals surface area contributed by atoms with Gasteiger partial charge in [-0.25, -0.2) is 4.98 Å². The van der Waals surface area contributed by atoms with Gasteiger partial charge in [-0.2, -0.15) is 0 Å². The highest BCUT2D eigenvalue weighted by molar-refractivity contribution is 7.98. The standard InChI is InChI=1S/C21H29N5O2S/c1-3-4-10-22-19(27)16-24-11-13-25(14-12-24)20(28)18-15-23-21(29-2)26(18)17-8-6-5-7-9-17/h5-9,15H,3-4,10-14,16H2,1-2H3,(H,22,27). The summed E-state index contributed by atoms with van der Waals surface area (Å²) in [4.78, 5) is 33.6. The lowest BCUT2D eigenvalue weighted by atomic mass is 10.2. The van der Waals surface area contributed by atoms with Gasteiger partial charge in [0, 0.05) is 38.4 Å². The predicted octanol–water partition coefficient (Wildman–Crippen LogP) is 2.27. The number of thioether (sulfide) groups is 1. The Balaban J connectivity index is 1.62. The Labute approximate surface area is 176 Å². The third-order valence-corrected chi connectivity index (χ3v) is 5.68. The molecule has 0 atom stereocenters. The van der Waals surface area contributed by atoms with Crippen LogP contribution in [0.4, 0.5) is 0 Å². The summed E-state index contributed by atoms with van der Waals surface area (Å²) in [5.74, 6) is 0.0405. The summed E-state index contributed by atoms with van der Waals surface area (Å²) in [5.41, 5.74) is 1.51. The van der Waals surface area contributed by atoms with Crippen LogP contribution in [0.25, 0.3) is 5.69 Å². The Hall–Kier alpha value is -2.32. The van der Waals surface area contributed by atoms with Gasteiger partial charge in [0.15, 0.2) is 5.16 Å². The van der Waals surface area contributed by atoms with Gasteiger partial charge >= 0.3 is 0 Å². The number of carbonyl (C=O) groups is 2. The first-order valence-corrected chi connectivity index (χ1v) is 11.3. The van der Waals surface area contributed by atoms with E-state index in [1.807, 2.05) is 46.1 Å². The topological polar surface area (TPSA) is 70.5 Å². The zero-order chi connectivity index (χ0) is 20.6. The van der Waals surface area contributed by atoms with Crippen LogP contribution < -0.4 is 5.32 Å². The molecular weight excluding hydrogens is 386 g/mol. The number of rotatable bonds is 8. The minimum Gasteiger partial charge on any atom is -0.355 e. The van der Waals surface area contributed by atoms with E-state index in [0.717, 1.165) is 30.2 Å². The fraction of sp³-hybridized carbons (Fsp3) is 0.476. The fourth-order valence-electron chi connectivity index (χ4n) is 3.39. The molecule has 0 bridgehead atoms. The number of nitrogens with zero attached hydrogens (tertiary/aromatic N) is 4. The molecule has 2 aromatic rings. The van der Waals surface area contributed by atoms with Crippen LogP contribution in [0, 0.1) is 0 Å². The largest absolute Gasteiger partial charge is 0.355 e. The molecule has 0 unspecified atom stereocenters. The van der Waals surface area contributed by atoms with Crippen LogP contribution in [0.5, 0.6) is 0 Å². The average molecular weight is 416 g/mol. The zero-order valence-electron chi connectivity index (χ0n) is 17.1. The average Bonchev–Trinajstić information content (AvgIpc) is 3.19. The molecule has 1 aromatic heterocycles. The number of benzene rings is 1. The molecule has 0 radical (unpaired) electrons. The molecule has 1 aliphatic rings. The Morgan fingerprint density at radius 1 is 1.14 bits per heavy atom. The number of hydrogen-bond donors (Lipinski definition) is 1. The van der Waals surface area contributed by atoms with Crippen molar-refractivity contribution in [2.24, 2.45) is 0 Å². The first-order chi connectivity index (χ1) is 14.1. The zero-order valence-corrected chi connectivity index (χ0v) is 18.0. The van der Waals surface area contributed by atoms with Crippen LogP contribution in [0.15, 0.2) is 41.7 Å². The SMILES string of the molecule is CCCCNC(=O)CN1CCN(C(=O)c2cnc(SC)n2-c2ccccc2)CC1. The second-order valence-electron chi connectivity index (χ2n) is 7.07. The number of nitrogens with one attached hydrogen (secondary N) is 1. The van der Waals surface area contributed by atoms with Gasteiger partial charge in [-0.05, 0) is 24.8 Å². The smallest absolute Gasteiger partial charge is 0.272 e. The molecule has 1 N–H and O–H groups in total. The van der Waals surface area contributed by atoms with Crippen molar-refractivity contribution in [2.75, 3.05) is 45.5 Å². The van der Waals surface area contributed by atoms with Crippen LogP contribution in [0.2, 0.25) is 0 Å². The Morgan fingerprint density at radius 2 is 1.86 bits per heavy atom. The minimum atomic E-state index is -0.0197. The molecule has 2 amide bonds. The number of para-hydroxylation sites is 1. The summed E-state index contributed by atoms with van der Waals surface area (Å²) in [6.45, 7) is 5.84. The molecule has 29 heavy (non-hydrogen) atoms. The molecule has 2 heterocycles. The number of piperazine rings is 1. The number of imidazole rings is 1. The van der Waals surface area contributed by atoms with Crippen LogP contribution in [0.1, 0.15) is 30.3 Å². The Morgan fingerprint density at radius 3 is 2.52 bits per heavy atom. The van der Waals surface area contributed by atoms with Crippen molar-refractivity contribution in [1.29, 1.82) is 0 Å². The maximum absolute atomic E-state index is 13.2. The second-order valence-corrected chi connectivity index (χ2v) is 7.85. The van der Waals surface area contributed by atoms with Gasteiger partial charge in [0.05, 0.1) is 12.7 Å². The number of amides is 2. The summed E-state index contributed by atoms with van der Waals surface area (Å²) in [5, 5.41) is 3.74. The van der Waals surface area contributed by atoms with E-state index in [2.05, 4.69) is 22.1 Å². The highest BCUT2D eigenvalue weighted by Gasteiger charge is 2.26. The van der Waals surface area contributed by atoms with Crippen LogP contribution in [0.3, 0.4) is 0 Å².